The number of rotatable bonds is 2. The van der Waals surface area contributed by atoms with Crippen molar-refractivity contribution in [2.24, 2.45) is 5.41 Å². The molecule has 0 heterocycles. The lowest BCUT2D eigenvalue weighted by atomic mass is 9.83. The number of hydrogen-bond acceptors (Lipinski definition) is 1. The molecule has 0 aliphatic heterocycles. The van der Waals surface area contributed by atoms with Gasteiger partial charge in [0.2, 0.25) is 0 Å². The van der Waals surface area contributed by atoms with Gasteiger partial charge in [0.25, 0.3) is 0 Å². The predicted molar refractivity (Wildman–Crippen MR) is 71.8 cm³/mol. The van der Waals surface area contributed by atoms with E-state index in [1.807, 2.05) is 32.1 Å². The largest absolute Gasteiger partial charge is 0.298 e. The summed E-state index contributed by atoms with van der Waals surface area (Å²) in [4.78, 5) is 12.1. The van der Waals surface area contributed by atoms with Gasteiger partial charge in [0.05, 0.1) is 5.41 Å². The molecule has 0 spiro atoms. The van der Waals surface area contributed by atoms with Gasteiger partial charge in [0, 0.05) is 6.42 Å². The molecule has 0 aromatic heterocycles. The molecule has 2 rings (SSSR count). The molecule has 1 unspecified atom stereocenters. The number of benzene rings is 1. The second-order valence-electron chi connectivity index (χ2n) is 4.81. The molecule has 17 heavy (non-hydrogen) atoms. The first-order valence-corrected chi connectivity index (χ1v) is 6.08. The summed E-state index contributed by atoms with van der Waals surface area (Å²) >= 11 is 0. The molecule has 0 N–H and O–H groups in total. The zero-order valence-corrected chi connectivity index (χ0v) is 10.7. The zero-order chi connectivity index (χ0) is 12.5. The van der Waals surface area contributed by atoms with E-state index >= 15 is 0 Å². The molecular formula is C16H18O. The van der Waals surface area contributed by atoms with Gasteiger partial charge in [-0.1, -0.05) is 49.4 Å². The highest BCUT2D eigenvalue weighted by Gasteiger charge is 2.26. The van der Waals surface area contributed by atoms with E-state index in [9.17, 15) is 4.79 Å². The molecule has 0 amide bonds. The van der Waals surface area contributed by atoms with Crippen LogP contribution in [0.5, 0.6) is 0 Å². The highest BCUT2D eigenvalue weighted by atomic mass is 16.1. The van der Waals surface area contributed by atoms with Gasteiger partial charge in [0.1, 0.15) is 5.78 Å². The monoisotopic (exact) mass is 226 g/mol. The Morgan fingerprint density at radius 3 is 2.71 bits per heavy atom. The number of ketones is 1. The Hall–Kier alpha value is -1.63. The molecule has 1 heteroatoms. The summed E-state index contributed by atoms with van der Waals surface area (Å²) in [6.07, 6.45) is 6.74. The lowest BCUT2D eigenvalue weighted by molar-refractivity contribution is -0.122. The van der Waals surface area contributed by atoms with Crippen molar-refractivity contribution in [2.75, 3.05) is 0 Å². The summed E-state index contributed by atoms with van der Waals surface area (Å²) in [5, 5.41) is 2.37. The average Bonchev–Trinajstić information content (AvgIpc) is 2.47. The molecule has 0 radical (unpaired) electrons. The maximum atomic E-state index is 12.1. The van der Waals surface area contributed by atoms with Crippen molar-refractivity contribution in [1.82, 2.24) is 0 Å². The van der Waals surface area contributed by atoms with Gasteiger partial charge in [-0.2, -0.15) is 0 Å². The van der Waals surface area contributed by atoms with Crippen LogP contribution < -0.4 is 10.4 Å². The summed E-state index contributed by atoms with van der Waals surface area (Å²) in [5.74, 6) is 0.262. The third kappa shape index (κ3) is 2.10. The molecule has 0 fully saturated rings. The number of fused-ring (bicyclic) bond motifs is 1. The molecule has 1 aromatic carbocycles. The van der Waals surface area contributed by atoms with Crippen LogP contribution >= 0.6 is 0 Å². The van der Waals surface area contributed by atoms with Crippen molar-refractivity contribution in [3.05, 3.63) is 46.9 Å². The lowest BCUT2D eigenvalue weighted by Gasteiger charge is -2.18. The summed E-state index contributed by atoms with van der Waals surface area (Å²) in [7, 11) is 0. The zero-order valence-electron chi connectivity index (χ0n) is 10.7. The summed E-state index contributed by atoms with van der Waals surface area (Å²) in [5.41, 5.74) is 0.743. The second kappa shape index (κ2) is 4.33. The van der Waals surface area contributed by atoms with Crippen LogP contribution in [0.2, 0.25) is 0 Å². The maximum Gasteiger partial charge on any atom is 0.146 e. The standard InChI is InChI=1S/C16H18O/c1-4-15(17)16(3)10-9-12(2)14-8-6-5-7-13(14)11-16/h5-11H,4H2,1-3H3. The highest BCUT2D eigenvalue weighted by molar-refractivity contribution is 5.92. The minimum absolute atomic E-state index is 0.262. The fourth-order valence-electron chi connectivity index (χ4n) is 2.30. The Morgan fingerprint density at radius 2 is 2.00 bits per heavy atom. The van der Waals surface area contributed by atoms with E-state index in [-0.39, 0.29) is 5.78 Å². The van der Waals surface area contributed by atoms with Gasteiger partial charge >= 0.3 is 0 Å². The first-order valence-electron chi connectivity index (χ1n) is 6.08. The first kappa shape index (κ1) is 11.8. The first-order chi connectivity index (χ1) is 8.07. The topological polar surface area (TPSA) is 17.1 Å². The SMILES string of the molecule is CCC(=O)C1(C)C=CC(C)=c2ccccc2=C1. The van der Waals surface area contributed by atoms with E-state index in [1.54, 1.807) is 0 Å². The summed E-state index contributed by atoms with van der Waals surface area (Å²) < 4.78 is 0. The van der Waals surface area contributed by atoms with Crippen molar-refractivity contribution in [3.63, 3.8) is 0 Å². The number of allylic oxidation sites excluding steroid dienone is 2. The fraction of sp³-hybridized carbons (Fsp3) is 0.312. The van der Waals surface area contributed by atoms with Crippen LogP contribution in [0.1, 0.15) is 27.2 Å². The van der Waals surface area contributed by atoms with Crippen LogP contribution in [0, 0.1) is 5.41 Å². The molecule has 1 atom stereocenters. The minimum Gasteiger partial charge on any atom is -0.298 e. The number of hydrogen-bond donors (Lipinski definition) is 0. The Labute approximate surface area is 102 Å². The summed E-state index contributed by atoms with van der Waals surface area (Å²) in [6, 6.07) is 8.24. The van der Waals surface area contributed by atoms with Crippen LogP contribution in [0.3, 0.4) is 0 Å². The number of carbonyl (C=O) groups excluding carboxylic acids is 1. The van der Waals surface area contributed by atoms with Crippen LogP contribution in [-0.4, -0.2) is 5.78 Å². The van der Waals surface area contributed by atoms with Gasteiger partial charge in [-0.3, -0.25) is 4.79 Å². The van der Waals surface area contributed by atoms with Gasteiger partial charge in [-0.15, -0.1) is 0 Å². The minimum atomic E-state index is -0.470. The number of Topliss-reactive ketones (excluding diaryl/α,β-unsaturated/α-hetero) is 1. The Bertz CT molecular complexity index is 592. The van der Waals surface area contributed by atoms with Crippen molar-refractivity contribution < 1.29 is 4.79 Å². The van der Waals surface area contributed by atoms with Crippen molar-refractivity contribution in [1.29, 1.82) is 0 Å². The quantitative estimate of drug-likeness (QED) is 0.755. The third-order valence-corrected chi connectivity index (χ3v) is 3.44. The summed E-state index contributed by atoms with van der Waals surface area (Å²) in [6.45, 7) is 6.00. The molecular weight excluding hydrogens is 208 g/mol. The Morgan fingerprint density at radius 1 is 1.29 bits per heavy atom. The highest BCUT2D eigenvalue weighted by Crippen LogP contribution is 2.25. The van der Waals surface area contributed by atoms with E-state index in [2.05, 4.69) is 31.2 Å². The van der Waals surface area contributed by atoms with Crippen LogP contribution in [0.15, 0.2) is 36.4 Å². The van der Waals surface area contributed by atoms with Gasteiger partial charge in [-0.25, -0.2) is 0 Å². The van der Waals surface area contributed by atoms with Crippen LogP contribution in [0.4, 0.5) is 0 Å². The average molecular weight is 226 g/mol. The second-order valence-corrected chi connectivity index (χ2v) is 4.81. The smallest absolute Gasteiger partial charge is 0.146 e. The maximum absolute atomic E-state index is 12.1. The molecule has 1 aliphatic carbocycles. The van der Waals surface area contributed by atoms with E-state index < -0.39 is 5.41 Å². The van der Waals surface area contributed by atoms with Gasteiger partial charge in [0.15, 0.2) is 0 Å². The molecule has 1 aliphatic rings. The van der Waals surface area contributed by atoms with E-state index in [1.165, 1.54) is 10.8 Å². The number of carbonyl (C=O) groups is 1. The predicted octanol–water partition coefficient (Wildman–Crippen LogP) is 2.19. The Balaban J connectivity index is 2.73. The molecule has 1 nitrogen and oxygen atoms in total. The van der Waals surface area contributed by atoms with Gasteiger partial charge in [-0.05, 0) is 29.9 Å². The Kier molecular flexibility index (Phi) is 3.01. The molecule has 1 aromatic rings. The normalized spacial score (nSPS) is 22.6. The van der Waals surface area contributed by atoms with E-state index in [0.717, 1.165) is 5.22 Å². The van der Waals surface area contributed by atoms with Gasteiger partial charge < -0.3 is 0 Å². The van der Waals surface area contributed by atoms with Crippen molar-refractivity contribution >= 4 is 17.4 Å². The van der Waals surface area contributed by atoms with Crippen LogP contribution in [-0.2, 0) is 4.79 Å². The van der Waals surface area contributed by atoms with E-state index in [0.29, 0.717) is 6.42 Å². The van der Waals surface area contributed by atoms with E-state index in [4.69, 9.17) is 0 Å². The third-order valence-electron chi connectivity index (χ3n) is 3.44. The molecule has 0 saturated carbocycles. The van der Waals surface area contributed by atoms with Crippen LogP contribution in [0.25, 0.3) is 11.6 Å². The molecule has 0 saturated heterocycles. The van der Waals surface area contributed by atoms with Crippen molar-refractivity contribution in [2.45, 2.75) is 27.2 Å². The molecule has 0 bridgehead atoms. The van der Waals surface area contributed by atoms with Crippen molar-refractivity contribution in [3.8, 4) is 0 Å². The fourth-order valence-corrected chi connectivity index (χ4v) is 2.30. The lowest BCUT2D eigenvalue weighted by Crippen LogP contribution is -2.30. The molecule has 88 valence electrons.